The van der Waals surface area contributed by atoms with Crippen LogP contribution in [0.4, 0.5) is 27.8 Å². The summed E-state index contributed by atoms with van der Waals surface area (Å²) < 4.78 is 17.3. The van der Waals surface area contributed by atoms with E-state index in [2.05, 4.69) is 32.1 Å². The van der Waals surface area contributed by atoms with Crippen molar-refractivity contribution in [2.45, 2.75) is 39.7 Å². The standard InChI is InChI=1S/C31H38N6O5/c1-7-27(38)33-22-10-8-11-24(18-22)41-28-21(2)20-32-29(35-28)34-25-13-12-23(19-26(25)40-6)36-14-9-15-37(17-16-36)30(39)42-31(3,4)5/h7-8,10-13,18-20H,1,9,14-17H2,2-6H3,(H,33,38)(H,32,34,35). The van der Waals surface area contributed by atoms with Crippen LogP contribution in [0.5, 0.6) is 17.4 Å². The first-order valence-electron chi connectivity index (χ1n) is 13.8. The van der Waals surface area contributed by atoms with Crippen molar-refractivity contribution in [3.05, 3.63) is 66.9 Å². The Bertz CT molecular complexity index is 1440. The molecule has 2 aromatic carbocycles. The number of methoxy groups -OCH3 is 1. The second-order valence-corrected chi connectivity index (χ2v) is 10.8. The molecular formula is C31H38N6O5. The number of aromatic nitrogens is 2. The molecule has 3 aromatic rings. The average molecular weight is 575 g/mol. The van der Waals surface area contributed by atoms with Gasteiger partial charge in [0.25, 0.3) is 0 Å². The maximum atomic E-state index is 12.6. The van der Waals surface area contributed by atoms with Crippen LogP contribution < -0.4 is 25.0 Å². The van der Waals surface area contributed by atoms with E-state index in [-0.39, 0.29) is 12.0 Å². The third kappa shape index (κ3) is 8.12. The highest BCUT2D eigenvalue weighted by molar-refractivity contribution is 5.98. The molecule has 1 saturated heterocycles. The third-order valence-electron chi connectivity index (χ3n) is 6.37. The van der Waals surface area contributed by atoms with Crippen LogP contribution in [0.2, 0.25) is 0 Å². The van der Waals surface area contributed by atoms with Crippen LogP contribution in [0.25, 0.3) is 0 Å². The van der Waals surface area contributed by atoms with E-state index in [1.807, 2.05) is 45.9 Å². The van der Waals surface area contributed by atoms with Crippen molar-refractivity contribution in [2.75, 3.05) is 48.8 Å². The quantitative estimate of drug-likeness (QED) is 0.317. The van der Waals surface area contributed by atoms with Crippen LogP contribution in [0.1, 0.15) is 32.8 Å². The van der Waals surface area contributed by atoms with Gasteiger partial charge in [-0.2, -0.15) is 4.98 Å². The van der Waals surface area contributed by atoms with Crippen molar-refractivity contribution in [1.82, 2.24) is 14.9 Å². The monoisotopic (exact) mass is 574 g/mol. The first kappa shape index (κ1) is 30.2. The van der Waals surface area contributed by atoms with Crippen molar-refractivity contribution in [1.29, 1.82) is 0 Å². The zero-order valence-electron chi connectivity index (χ0n) is 24.8. The Balaban J connectivity index is 1.45. The summed E-state index contributed by atoms with van der Waals surface area (Å²) in [6, 6.07) is 12.9. The molecule has 0 atom stereocenters. The Morgan fingerprint density at radius 2 is 1.88 bits per heavy atom. The molecule has 4 rings (SSSR count). The van der Waals surface area contributed by atoms with Gasteiger partial charge in [-0.05, 0) is 64.5 Å². The maximum Gasteiger partial charge on any atom is 0.410 e. The molecule has 0 saturated carbocycles. The third-order valence-corrected chi connectivity index (χ3v) is 6.37. The van der Waals surface area contributed by atoms with Crippen LogP contribution in [0.15, 0.2) is 61.3 Å². The van der Waals surface area contributed by atoms with Crippen molar-refractivity contribution in [3.63, 3.8) is 0 Å². The largest absolute Gasteiger partial charge is 0.494 e. The van der Waals surface area contributed by atoms with E-state index in [1.165, 1.54) is 6.08 Å². The highest BCUT2D eigenvalue weighted by Gasteiger charge is 2.25. The molecule has 0 bridgehead atoms. The number of hydrogen-bond acceptors (Lipinski definition) is 9. The Hall–Kier alpha value is -4.80. The number of hydrogen-bond donors (Lipinski definition) is 2. The molecule has 0 unspecified atom stereocenters. The van der Waals surface area contributed by atoms with Gasteiger partial charge in [-0.3, -0.25) is 4.79 Å². The van der Waals surface area contributed by atoms with Gasteiger partial charge in [0.1, 0.15) is 17.1 Å². The Morgan fingerprint density at radius 1 is 1.07 bits per heavy atom. The van der Waals surface area contributed by atoms with Gasteiger partial charge < -0.3 is 34.6 Å². The average Bonchev–Trinajstić information content (AvgIpc) is 3.21. The molecule has 11 nitrogen and oxygen atoms in total. The number of carbonyl (C=O) groups is 2. The minimum Gasteiger partial charge on any atom is -0.494 e. The van der Waals surface area contributed by atoms with Crippen molar-refractivity contribution < 1.29 is 23.8 Å². The number of nitrogens with zero attached hydrogens (tertiary/aromatic N) is 4. The molecule has 2 amide bonds. The summed E-state index contributed by atoms with van der Waals surface area (Å²) in [5.41, 5.74) is 2.47. The Morgan fingerprint density at radius 3 is 2.62 bits per heavy atom. The maximum absolute atomic E-state index is 12.6. The van der Waals surface area contributed by atoms with Gasteiger partial charge in [0.05, 0.1) is 12.8 Å². The minimum atomic E-state index is -0.525. The lowest BCUT2D eigenvalue weighted by Gasteiger charge is -2.27. The molecule has 2 N–H and O–H groups in total. The summed E-state index contributed by atoms with van der Waals surface area (Å²) in [4.78, 5) is 37.2. The van der Waals surface area contributed by atoms with Crippen LogP contribution >= 0.6 is 0 Å². The van der Waals surface area contributed by atoms with Crippen LogP contribution in [0.3, 0.4) is 0 Å². The van der Waals surface area contributed by atoms with E-state index in [0.29, 0.717) is 54.3 Å². The van der Waals surface area contributed by atoms with Gasteiger partial charge in [0.15, 0.2) is 0 Å². The second kappa shape index (κ2) is 13.2. The topological polar surface area (TPSA) is 118 Å². The number of carbonyl (C=O) groups excluding carboxylic acids is 2. The van der Waals surface area contributed by atoms with E-state index in [1.54, 1.807) is 42.5 Å². The lowest BCUT2D eigenvalue weighted by Crippen LogP contribution is -2.39. The number of aryl methyl sites for hydroxylation is 1. The summed E-state index contributed by atoms with van der Waals surface area (Å²) in [5.74, 6) is 1.53. The van der Waals surface area contributed by atoms with Crippen molar-refractivity contribution in [3.8, 4) is 17.4 Å². The molecule has 1 aromatic heterocycles. The van der Waals surface area contributed by atoms with E-state index >= 15 is 0 Å². The summed E-state index contributed by atoms with van der Waals surface area (Å²) in [7, 11) is 1.61. The normalized spacial score (nSPS) is 13.5. The minimum absolute atomic E-state index is 0.282. The predicted molar refractivity (Wildman–Crippen MR) is 163 cm³/mol. The second-order valence-electron chi connectivity index (χ2n) is 10.8. The van der Waals surface area contributed by atoms with Crippen LogP contribution in [-0.4, -0.2) is 65.8 Å². The lowest BCUT2D eigenvalue weighted by atomic mass is 10.2. The molecule has 42 heavy (non-hydrogen) atoms. The predicted octanol–water partition coefficient (Wildman–Crippen LogP) is 5.90. The molecule has 1 fully saturated rings. The molecule has 2 heterocycles. The highest BCUT2D eigenvalue weighted by Crippen LogP contribution is 2.33. The fourth-order valence-corrected chi connectivity index (χ4v) is 4.32. The van der Waals surface area contributed by atoms with Gasteiger partial charge >= 0.3 is 6.09 Å². The van der Waals surface area contributed by atoms with E-state index in [9.17, 15) is 9.59 Å². The molecule has 1 aliphatic rings. The first-order valence-corrected chi connectivity index (χ1v) is 13.8. The smallest absolute Gasteiger partial charge is 0.410 e. The zero-order chi connectivity index (χ0) is 30.3. The fraction of sp³-hybridized carbons (Fsp3) is 0.355. The Labute approximate surface area is 246 Å². The van der Waals surface area contributed by atoms with E-state index in [0.717, 1.165) is 24.2 Å². The van der Waals surface area contributed by atoms with E-state index < -0.39 is 5.60 Å². The molecule has 1 aliphatic heterocycles. The van der Waals surface area contributed by atoms with Crippen molar-refractivity contribution in [2.24, 2.45) is 0 Å². The van der Waals surface area contributed by atoms with Crippen LogP contribution in [0, 0.1) is 6.92 Å². The first-order chi connectivity index (χ1) is 20.0. The summed E-state index contributed by atoms with van der Waals surface area (Å²) in [6.07, 6.45) is 3.41. The van der Waals surface area contributed by atoms with Gasteiger partial charge in [-0.1, -0.05) is 12.6 Å². The van der Waals surface area contributed by atoms with Crippen LogP contribution in [-0.2, 0) is 9.53 Å². The highest BCUT2D eigenvalue weighted by atomic mass is 16.6. The lowest BCUT2D eigenvalue weighted by molar-refractivity contribution is -0.111. The number of nitrogens with one attached hydrogen (secondary N) is 2. The fourth-order valence-electron chi connectivity index (χ4n) is 4.32. The molecule has 11 heteroatoms. The van der Waals surface area contributed by atoms with Gasteiger partial charge in [0.2, 0.25) is 17.7 Å². The molecule has 222 valence electrons. The molecule has 0 aliphatic carbocycles. The Kier molecular flexibility index (Phi) is 9.51. The number of ether oxygens (including phenoxy) is 3. The van der Waals surface area contributed by atoms with Crippen molar-refractivity contribution >= 4 is 35.0 Å². The molecule has 0 radical (unpaired) electrons. The number of rotatable bonds is 8. The summed E-state index contributed by atoms with van der Waals surface area (Å²) >= 11 is 0. The molecular weight excluding hydrogens is 536 g/mol. The number of benzene rings is 2. The number of anilines is 4. The summed E-state index contributed by atoms with van der Waals surface area (Å²) in [5, 5.41) is 5.94. The van der Waals surface area contributed by atoms with E-state index in [4.69, 9.17) is 14.2 Å². The summed E-state index contributed by atoms with van der Waals surface area (Å²) in [6.45, 7) is 13.6. The number of amides is 2. The SMILES string of the molecule is C=CC(=O)Nc1cccc(Oc2nc(Nc3ccc(N4CCCN(C(=O)OC(C)(C)C)CC4)cc3OC)ncc2C)c1. The van der Waals surface area contributed by atoms with Gasteiger partial charge in [-0.25, -0.2) is 9.78 Å². The zero-order valence-corrected chi connectivity index (χ0v) is 24.8. The van der Waals surface area contributed by atoms with Gasteiger partial charge in [-0.15, -0.1) is 0 Å². The van der Waals surface area contributed by atoms with Gasteiger partial charge in [0, 0.05) is 61.4 Å². The molecule has 0 spiro atoms.